The average Bonchev–Trinajstić information content (AvgIpc) is 3.16. The molecule has 3 aromatic rings. The molecule has 2 N–H and O–H groups in total. The van der Waals surface area contributed by atoms with E-state index in [1.807, 2.05) is 41.1 Å². The Morgan fingerprint density at radius 1 is 1.03 bits per heavy atom. The van der Waals surface area contributed by atoms with E-state index in [1.54, 1.807) is 25.4 Å². The minimum atomic E-state index is -4.74. The van der Waals surface area contributed by atoms with Gasteiger partial charge in [-0.3, -0.25) is 4.99 Å². The van der Waals surface area contributed by atoms with Gasteiger partial charge in [-0.25, -0.2) is 4.98 Å². The van der Waals surface area contributed by atoms with Gasteiger partial charge in [-0.05, 0) is 11.6 Å². The van der Waals surface area contributed by atoms with E-state index in [4.69, 9.17) is 0 Å². The van der Waals surface area contributed by atoms with Crippen molar-refractivity contribution >= 4 is 29.9 Å². The number of ether oxygens (including phenoxy) is 1. The van der Waals surface area contributed by atoms with Gasteiger partial charge in [0.05, 0.1) is 6.54 Å². The monoisotopic (exact) mass is 545 g/mol. The molecule has 0 spiro atoms. The third-order valence-electron chi connectivity index (χ3n) is 4.28. The number of benzene rings is 2. The second-order valence-corrected chi connectivity index (χ2v) is 6.39. The number of alkyl halides is 3. The molecular formula is C21H23F3IN5O. The largest absolute Gasteiger partial charge is 0.573 e. The van der Waals surface area contributed by atoms with Crippen LogP contribution in [0.5, 0.6) is 5.75 Å². The van der Waals surface area contributed by atoms with E-state index >= 15 is 0 Å². The number of halogens is 4. The number of hydrogen-bond donors (Lipinski definition) is 2. The molecule has 0 aliphatic heterocycles. The Morgan fingerprint density at radius 2 is 1.71 bits per heavy atom. The van der Waals surface area contributed by atoms with Gasteiger partial charge in [0.15, 0.2) is 5.96 Å². The summed E-state index contributed by atoms with van der Waals surface area (Å²) in [5.41, 5.74) is 1.52. The van der Waals surface area contributed by atoms with Gasteiger partial charge in [-0.2, -0.15) is 0 Å². The maximum atomic E-state index is 12.6. The minimum absolute atomic E-state index is 0. The van der Waals surface area contributed by atoms with Crippen LogP contribution in [0.4, 0.5) is 13.2 Å². The Hall–Kier alpha value is -2.76. The number of para-hydroxylation sites is 1. The number of nitrogens with zero attached hydrogens (tertiary/aromatic N) is 3. The van der Waals surface area contributed by atoms with Crippen LogP contribution in [0.1, 0.15) is 17.0 Å². The minimum Gasteiger partial charge on any atom is -0.405 e. The molecule has 0 aliphatic carbocycles. The van der Waals surface area contributed by atoms with Crippen LogP contribution in [0, 0.1) is 0 Å². The first-order valence-electron chi connectivity index (χ1n) is 9.26. The fourth-order valence-electron chi connectivity index (χ4n) is 2.87. The fourth-order valence-corrected chi connectivity index (χ4v) is 2.87. The van der Waals surface area contributed by atoms with Crippen molar-refractivity contribution in [1.82, 2.24) is 20.2 Å². The second-order valence-electron chi connectivity index (χ2n) is 6.39. The van der Waals surface area contributed by atoms with Crippen LogP contribution in [-0.2, 0) is 19.6 Å². The Morgan fingerprint density at radius 3 is 2.42 bits per heavy atom. The molecule has 10 heteroatoms. The van der Waals surface area contributed by atoms with Gasteiger partial charge >= 0.3 is 6.36 Å². The highest BCUT2D eigenvalue weighted by Crippen LogP contribution is 2.26. The number of nitrogens with one attached hydrogen (secondary N) is 2. The maximum absolute atomic E-state index is 12.6. The molecule has 1 heterocycles. The average molecular weight is 545 g/mol. The number of rotatable bonds is 7. The van der Waals surface area contributed by atoms with Crippen LogP contribution in [0.25, 0.3) is 0 Å². The Bertz CT molecular complexity index is 976. The summed E-state index contributed by atoms with van der Waals surface area (Å²) in [7, 11) is 1.59. The Balaban J connectivity index is 0.00000341. The van der Waals surface area contributed by atoms with E-state index in [9.17, 15) is 13.2 Å². The summed E-state index contributed by atoms with van der Waals surface area (Å²) in [5.74, 6) is 1.00. The van der Waals surface area contributed by atoms with Crippen LogP contribution in [-0.4, -0.2) is 28.9 Å². The maximum Gasteiger partial charge on any atom is 0.573 e. The van der Waals surface area contributed by atoms with E-state index in [1.165, 1.54) is 12.1 Å². The van der Waals surface area contributed by atoms with Crippen molar-refractivity contribution in [2.24, 2.45) is 4.99 Å². The lowest BCUT2D eigenvalue weighted by molar-refractivity contribution is -0.274. The molecule has 3 rings (SSSR count). The molecule has 0 bridgehead atoms. The summed E-state index contributed by atoms with van der Waals surface area (Å²) >= 11 is 0. The van der Waals surface area contributed by atoms with Gasteiger partial charge in [0.25, 0.3) is 0 Å². The van der Waals surface area contributed by atoms with Crippen molar-refractivity contribution in [3.05, 3.63) is 83.9 Å². The first-order valence-corrected chi connectivity index (χ1v) is 9.26. The highest BCUT2D eigenvalue weighted by atomic mass is 127. The fraction of sp³-hybridized carbons (Fsp3) is 0.238. The second kappa shape index (κ2) is 11.6. The summed E-state index contributed by atoms with van der Waals surface area (Å²) in [6.45, 7) is 1.20. The molecule has 0 saturated carbocycles. The molecule has 0 amide bonds. The number of hydrogen-bond acceptors (Lipinski definition) is 3. The highest BCUT2D eigenvalue weighted by Gasteiger charge is 2.31. The first-order chi connectivity index (χ1) is 14.4. The molecule has 0 saturated heterocycles. The SMILES string of the molecule is CN=C(NCc1ccccc1OC(F)(F)F)NCc1nccn1Cc1ccccc1.I. The van der Waals surface area contributed by atoms with Gasteiger partial charge < -0.3 is 19.9 Å². The molecule has 166 valence electrons. The number of aromatic nitrogens is 2. The van der Waals surface area contributed by atoms with Crippen molar-refractivity contribution in [3.63, 3.8) is 0 Å². The van der Waals surface area contributed by atoms with Crippen molar-refractivity contribution in [2.75, 3.05) is 7.05 Å². The molecule has 2 aromatic carbocycles. The molecule has 31 heavy (non-hydrogen) atoms. The molecule has 0 unspecified atom stereocenters. The molecule has 1 aromatic heterocycles. The van der Waals surface area contributed by atoms with Crippen LogP contribution in [0.2, 0.25) is 0 Å². The van der Waals surface area contributed by atoms with Crippen molar-refractivity contribution in [1.29, 1.82) is 0 Å². The lowest BCUT2D eigenvalue weighted by Gasteiger charge is -2.16. The number of aliphatic imine (C=N–C) groups is 1. The van der Waals surface area contributed by atoms with Crippen LogP contribution >= 0.6 is 24.0 Å². The summed E-state index contributed by atoms with van der Waals surface area (Å²) in [6.07, 6.45) is -1.13. The zero-order valence-corrected chi connectivity index (χ0v) is 19.1. The normalized spacial score (nSPS) is 11.5. The van der Waals surface area contributed by atoms with Gasteiger partial charge in [0.1, 0.15) is 11.6 Å². The highest BCUT2D eigenvalue weighted by molar-refractivity contribution is 14.0. The molecule has 0 atom stereocenters. The van der Waals surface area contributed by atoms with Crippen LogP contribution < -0.4 is 15.4 Å². The van der Waals surface area contributed by atoms with E-state index < -0.39 is 6.36 Å². The zero-order valence-electron chi connectivity index (χ0n) is 16.8. The molecule has 0 aliphatic rings. The molecular weight excluding hydrogens is 522 g/mol. The Labute approximate surface area is 195 Å². The number of guanidine groups is 1. The Kier molecular flexibility index (Phi) is 9.16. The van der Waals surface area contributed by atoms with Crippen molar-refractivity contribution in [3.8, 4) is 5.75 Å². The van der Waals surface area contributed by atoms with Crippen molar-refractivity contribution < 1.29 is 17.9 Å². The number of imidazole rings is 1. The first kappa shape index (κ1) is 24.5. The van der Waals surface area contributed by atoms with Gasteiger partial charge in [-0.15, -0.1) is 37.1 Å². The van der Waals surface area contributed by atoms with E-state index in [2.05, 4.69) is 25.3 Å². The lowest BCUT2D eigenvalue weighted by Crippen LogP contribution is -2.37. The van der Waals surface area contributed by atoms with Gasteiger partial charge in [-0.1, -0.05) is 48.5 Å². The van der Waals surface area contributed by atoms with Crippen molar-refractivity contribution in [2.45, 2.75) is 26.0 Å². The molecule has 0 radical (unpaired) electrons. The van der Waals surface area contributed by atoms with Crippen LogP contribution in [0.15, 0.2) is 72.0 Å². The van der Waals surface area contributed by atoms with E-state index in [-0.39, 0.29) is 36.3 Å². The summed E-state index contributed by atoms with van der Waals surface area (Å²) in [4.78, 5) is 8.48. The summed E-state index contributed by atoms with van der Waals surface area (Å²) in [6, 6.07) is 16.0. The van der Waals surface area contributed by atoms with E-state index in [0.717, 1.165) is 11.4 Å². The van der Waals surface area contributed by atoms with Gasteiger partial charge in [0, 0.05) is 38.1 Å². The lowest BCUT2D eigenvalue weighted by atomic mass is 10.2. The smallest absolute Gasteiger partial charge is 0.405 e. The zero-order chi connectivity index (χ0) is 21.4. The molecule has 6 nitrogen and oxygen atoms in total. The topological polar surface area (TPSA) is 63.5 Å². The summed E-state index contributed by atoms with van der Waals surface area (Å²) < 4.78 is 43.8. The standard InChI is InChI=1S/C21H22F3N5O.HI/c1-25-20(27-13-17-9-5-6-10-18(17)30-21(22,23)24)28-14-19-26-11-12-29(19)15-16-7-3-2-4-8-16;/h2-12H,13-15H2,1H3,(H2,25,27,28);1H. The van der Waals surface area contributed by atoms with Crippen LogP contribution in [0.3, 0.4) is 0 Å². The molecule has 0 fully saturated rings. The predicted octanol–water partition coefficient (Wildman–Crippen LogP) is 4.31. The quantitative estimate of drug-likeness (QED) is 0.264. The van der Waals surface area contributed by atoms with E-state index in [0.29, 0.717) is 24.6 Å². The van der Waals surface area contributed by atoms with Gasteiger partial charge in [0.2, 0.25) is 0 Å². The summed E-state index contributed by atoms with van der Waals surface area (Å²) in [5, 5.41) is 6.13. The third-order valence-corrected chi connectivity index (χ3v) is 4.28. The third kappa shape index (κ3) is 7.78. The predicted molar refractivity (Wildman–Crippen MR) is 123 cm³/mol.